The lowest BCUT2D eigenvalue weighted by atomic mass is 10.0. The number of carbonyl (C=O) groups excluding carboxylic acids is 1. The number of rotatable bonds is 4. The Balaban J connectivity index is 2.51. The summed E-state index contributed by atoms with van der Waals surface area (Å²) in [6.45, 7) is 0. The van der Waals surface area contributed by atoms with E-state index in [4.69, 9.17) is 0 Å². The van der Waals surface area contributed by atoms with Crippen molar-refractivity contribution >= 4 is 84.6 Å². The smallest absolute Gasteiger partial charge is 0.133 e. The Morgan fingerprint density at radius 3 is 2.43 bits per heavy atom. The first-order valence-electron chi connectivity index (χ1n) is 6.28. The van der Waals surface area contributed by atoms with Gasteiger partial charge in [0.1, 0.15) is 6.04 Å². The van der Waals surface area contributed by atoms with Crippen LogP contribution in [-0.2, 0) is 11.2 Å². The zero-order valence-electron chi connectivity index (χ0n) is 11.8. The number of aromatic amines is 1. The maximum absolute atomic E-state index is 11.5. The Kier molecular flexibility index (Phi) is 5.47. The molecule has 0 amide bonds. The van der Waals surface area contributed by atoms with Gasteiger partial charge >= 0.3 is 0 Å². The Morgan fingerprint density at radius 1 is 1.29 bits per heavy atom. The van der Waals surface area contributed by atoms with Crippen molar-refractivity contribution in [2.24, 2.45) is 0 Å². The van der Waals surface area contributed by atoms with Crippen molar-refractivity contribution < 1.29 is 14.4 Å². The van der Waals surface area contributed by atoms with Crippen LogP contribution in [-0.4, -0.2) is 42.6 Å². The number of hydrogen-bond acceptors (Lipinski definition) is 2. The van der Waals surface area contributed by atoms with E-state index < -0.39 is 12.0 Å². The van der Waals surface area contributed by atoms with Gasteiger partial charge in [-0.3, -0.25) is 0 Å². The van der Waals surface area contributed by atoms with E-state index in [1.54, 1.807) is 0 Å². The van der Waals surface area contributed by atoms with Crippen molar-refractivity contribution in [3.63, 3.8) is 0 Å². The van der Waals surface area contributed by atoms with Crippen molar-refractivity contribution in [2.45, 2.75) is 12.5 Å². The van der Waals surface area contributed by atoms with Gasteiger partial charge in [-0.05, 0) is 79.4 Å². The van der Waals surface area contributed by atoms with Crippen molar-refractivity contribution in [3.8, 4) is 0 Å². The van der Waals surface area contributed by atoms with Gasteiger partial charge in [-0.25, -0.2) is 0 Å². The number of carbonyl (C=O) groups is 1. The quantitative estimate of drug-likeness (QED) is 0.323. The molecule has 1 aromatic heterocycles. The summed E-state index contributed by atoms with van der Waals surface area (Å²) in [5.41, 5.74) is 2.11. The molecular weight excluding hydrogens is 609 g/mol. The minimum atomic E-state index is -1.01. The van der Waals surface area contributed by atoms with Crippen molar-refractivity contribution in [1.29, 1.82) is 0 Å². The van der Waals surface area contributed by atoms with Crippen LogP contribution in [0.25, 0.3) is 10.9 Å². The van der Waals surface area contributed by atoms with E-state index in [2.05, 4.69) is 78.8 Å². The van der Waals surface area contributed by atoms with Crippen LogP contribution in [0.15, 0.2) is 12.3 Å². The van der Waals surface area contributed by atoms with Gasteiger partial charge in [-0.2, -0.15) is 0 Å². The summed E-state index contributed by atoms with van der Waals surface area (Å²) < 4.78 is 3.92. The molecule has 2 rings (SSSR count). The van der Waals surface area contributed by atoms with Gasteiger partial charge in [0.2, 0.25) is 0 Å². The number of aromatic nitrogens is 1. The van der Waals surface area contributed by atoms with E-state index in [1.165, 1.54) is 10.7 Å². The molecule has 1 atom stereocenters. The predicted molar refractivity (Wildman–Crippen MR) is 107 cm³/mol. The van der Waals surface area contributed by atoms with Crippen LogP contribution in [0.2, 0.25) is 0 Å². The lowest BCUT2D eigenvalue weighted by Gasteiger charge is -2.34. The number of likely N-dealkylation sites (N-methyl/N-ethyl adjacent to an activating group) is 1. The van der Waals surface area contributed by atoms with E-state index in [0.717, 1.165) is 16.5 Å². The van der Waals surface area contributed by atoms with Crippen molar-refractivity contribution in [2.75, 3.05) is 21.1 Å². The molecule has 0 aliphatic rings. The lowest BCUT2D eigenvalue weighted by Crippen LogP contribution is -2.55. The van der Waals surface area contributed by atoms with Crippen molar-refractivity contribution in [3.05, 3.63) is 28.5 Å². The molecule has 0 saturated carbocycles. The Labute approximate surface area is 164 Å². The number of quaternary nitrogens is 1. The molecule has 2 aromatic rings. The van der Waals surface area contributed by atoms with Crippen LogP contribution in [0, 0.1) is 10.7 Å². The zero-order chi connectivity index (χ0) is 15.9. The first-order valence-corrected chi connectivity index (χ1v) is 9.52. The summed E-state index contributed by atoms with van der Waals surface area (Å²) in [5.74, 6) is -1.01. The monoisotopic (exact) mass is 624 g/mol. The molecular formula is C14H15I3N2O2. The third-order valence-electron chi connectivity index (χ3n) is 3.52. The summed E-state index contributed by atoms with van der Waals surface area (Å²) in [7, 11) is 5.64. The van der Waals surface area contributed by atoms with Crippen LogP contribution in [0.3, 0.4) is 0 Å². The highest BCUT2D eigenvalue weighted by molar-refractivity contribution is 14.1. The van der Waals surface area contributed by atoms with Gasteiger partial charge < -0.3 is 19.4 Å². The van der Waals surface area contributed by atoms with Gasteiger partial charge in [-0.1, -0.05) is 0 Å². The minimum Gasteiger partial charge on any atom is -0.544 e. The number of carboxylic acids is 1. The maximum Gasteiger partial charge on any atom is 0.133 e. The number of halogens is 3. The third-order valence-corrected chi connectivity index (χ3v) is 8.63. The number of hydrogen-bond donors (Lipinski definition) is 1. The van der Waals surface area contributed by atoms with Crippen LogP contribution < -0.4 is 5.11 Å². The molecule has 4 nitrogen and oxygen atoms in total. The fraction of sp³-hybridized carbons (Fsp3) is 0.357. The second-order valence-corrected chi connectivity index (χ2v) is 9.20. The van der Waals surface area contributed by atoms with Crippen LogP contribution in [0.5, 0.6) is 0 Å². The van der Waals surface area contributed by atoms with Gasteiger partial charge in [0.15, 0.2) is 0 Å². The predicted octanol–water partition coefficient (Wildman–Crippen LogP) is 2.35. The highest BCUT2D eigenvalue weighted by Gasteiger charge is 2.27. The molecule has 0 bridgehead atoms. The number of benzene rings is 1. The SMILES string of the molecule is C[N+](C)(C)C(Cc1c[nH]c2c(I)c(I)c(I)cc12)C(=O)[O-]. The van der Waals surface area contributed by atoms with Crippen LogP contribution in [0.4, 0.5) is 0 Å². The molecule has 0 saturated heterocycles. The molecule has 1 N–H and O–H groups in total. The topological polar surface area (TPSA) is 55.9 Å². The van der Waals surface area contributed by atoms with E-state index in [9.17, 15) is 9.90 Å². The normalized spacial score (nSPS) is 13.6. The Morgan fingerprint density at radius 2 is 1.90 bits per heavy atom. The van der Waals surface area contributed by atoms with Crippen molar-refractivity contribution in [1.82, 2.24) is 4.98 Å². The minimum absolute atomic E-state index is 0.341. The number of nitrogens with one attached hydrogen (secondary N) is 1. The average Bonchev–Trinajstić information content (AvgIpc) is 2.74. The number of carboxylic acid groups (broad SMARTS) is 1. The van der Waals surface area contributed by atoms with E-state index in [0.29, 0.717) is 10.9 Å². The lowest BCUT2D eigenvalue weighted by molar-refractivity contribution is -0.889. The van der Waals surface area contributed by atoms with Crippen LogP contribution >= 0.6 is 67.8 Å². The molecule has 114 valence electrons. The second-order valence-electron chi connectivity index (χ2n) is 5.88. The second kappa shape index (κ2) is 6.48. The number of fused-ring (bicyclic) bond motifs is 1. The zero-order valence-corrected chi connectivity index (χ0v) is 18.3. The third kappa shape index (κ3) is 3.66. The molecule has 1 heterocycles. The fourth-order valence-corrected chi connectivity index (χ4v) is 4.54. The van der Waals surface area contributed by atoms with Gasteiger partial charge in [-0.15, -0.1) is 0 Å². The molecule has 0 radical (unpaired) electrons. The first kappa shape index (κ1) is 17.7. The molecule has 1 aromatic carbocycles. The summed E-state index contributed by atoms with van der Waals surface area (Å²) in [6, 6.07) is 1.55. The molecule has 0 spiro atoms. The summed E-state index contributed by atoms with van der Waals surface area (Å²) in [5, 5.41) is 12.6. The summed E-state index contributed by atoms with van der Waals surface area (Å²) in [4.78, 5) is 14.7. The number of H-pyrrole nitrogens is 1. The van der Waals surface area contributed by atoms with E-state index >= 15 is 0 Å². The molecule has 7 heteroatoms. The summed E-state index contributed by atoms with van der Waals surface area (Å²) >= 11 is 6.98. The standard InChI is InChI=1S/C14H15I3N2O2/c1-19(2,3)10(14(20)21)4-7-6-18-13-8(7)5-9(15)11(16)12(13)17/h5-6,10,18H,4H2,1-3H3. The highest BCUT2D eigenvalue weighted by Crippen LogP contribution is 2.31. The molecule has 1 unspecified atom stereocenters. The Hall–Kier alpha value is 0.380. The summed E-state index contributed by atoms with van der Waals surface area (Å²) in [6.07, 6.45) is 2.38. The average molecular weight is 624 g/mol. The van der Waals surface area contributed by atoms with Crippen LogP contribution in [0.1, 0.15) is 5.56 Å². The number of aliphatic carboxylic acids is 1. The molecule has 21 heavy (non-hydrogen) atoms. The first-order chi connectivity index (χ1) is 9.62. The molecule has 0 aliphatic heterocycles. The van der Waals surface area contributed by atoms with E-state index in [1.807, 2.05) is 27.3 Å². The fourth-order valence-electron chi connectivity index (χ4n) is 2.28. The van der Waals surface area contributed by atoms with Gasteiger partial charge in [0.05, 0.1) is 36.2 Å². The van der Waals surface area contributed by atoms with E-state index in [-0.39, 0.29) is 0 Å². The molecule has 0 fully saturated rings. The maximum atomic E-state index is 11.5. The number of nitrogens with zero attached hydrogens (tertiary/aromatic N) is 1. The highest BCUT2D eigenvalue weighted by atomic mass is 127. The van der Waals surface area contributed by atoms with Gasteiger partial charge in [0.25, 0.3) is 0 Å². The Bertz CT molecular complexity index is 704. The largest absolute Gasteiger partial charge is 0.544 e. The molecule has 0 aliphatic carbocycles. The van der Waals surface area contributed by atoms with Gasteiger partial charge in [0, 0.05) is 25.1 Å².